The second-order valence-corrected chi connectivity index (χ2v) is 5.23. The van der Waals surface area contributed by atoms with Crippen LogP contribution in [-0.4, -0.2) is 47.2 Å². The maximum atomic E-state index is 13.7. The van der Waals surface area contributed by atoms with Crippen molar-refractivity contribution in [2.75, 3.05) is 31.2 Å². The number of rotatable bonds is 3. The number of morpholine rings is 1. The van der Waals surface area contributed by atoms with Crippen molar-refractivity contribution < 1.29 is 23.4 Å². The first-order valence-electron chi connectivity index (χ1n) is 7.07. The van der Waals surface area contributed by atoms with Crippen molar-refractivity contribution in [3.63, 3.8) is 0 Å². The summed E-state index contributed by atoms with van der Waals surface area (Å²) in [6, 6.07) is 3.55. The Hall–Kier alpha value is -2.48. The van der Waals surface area contributed by atoms with Gasteiger partial charge >= 0.3 is 5.97 Å². The van der Waals surface area contributed by atoms with Crippen LogP contribution in [0.15, 0.2) is 18.2 Å². The zero-order chi connectivity index (χ0) is 16.6. The van der Waals surface area contributed by atoms with Crippen LogP contribution in [0.5, 0.6) is 0 Å². The number of nitrogens with zero attached hydrogens (tertiary/aromatic N) is 3. The number of aryl methyl sites for hydroxylation is 1. The van der Waals surface area contributed by atoms with E-state index in [0.29, 0.717) is 43.2 Å². The van der Waals surface area contributed by atoms with Crippen LogP contribution in [-0.2, 0) is 11.8 Å². The second-order valence-electron chi connectivity index (χ2n) is 5.23. The molecule has 0 radical (unpaired) electrons. The Morgan fingerprint density at radius 1 is 1.22 bits per heavy atom. The van der Waals surface area contributed by atoms with Crippen LogP contribution >= 0.6 is 0 Å². The van der Waals surface area contributed by atoms with E-state index in [2.05, 4.69) is 5.10 Å². The molecule has 0 bridgehead atoms. The summed E-state index contributed by atoms with van der Waals surface area (Å²) in [7, 11) is 1.56. The number of aromatic nitrogens is 2. The molecule has 0 amide bonds. The smallest absolute Gasteiger partial charge is 0.356 e. The molecule has 1 fully saturated rings. The number of aromatic carboxylic acids is 1. The van der Waals surface area contributed by atoms with E-state index in [1.807, 2.05) is 4.90 Å². The Kier molecular flexibility index (Phi) is 3.99. The van der Waals surface area contributed by atoms with Crippen molar-refractivity contribution in [3.8, 4) is 11.3 Å². The summed E-state index contributed by atoms with van der Waals surface area (Å²) < 4.78 is 34.1. The minimum atomic E-state index is -1.18. The quantitative estimate of drug-likeness (QED) is 0.934. The third-order valence-electron chi connectivity index (χ3n) is 3.77. The van der Waals surface area contributed by atoms with E-state index in [-0.39, 0.29) is 5.69 Å². The van der Waals surface area contributed by atoms with Crippen LogP contribution in [0, 0.1) is 11.6 Å². The normalized spacial score (nSPS) is 15.0. The van der Waals surface area contributed by atoms with Gasteiger partial charge in [-0.1, -0.05) is 0 Å². The molecule has 0 atom stereocenters. The van der Waals surface area contributed by atoms with E-state index >= 15 is 0 Å². The largest absolute Gasteiger partial charge is 0.476 e. The molecule has 6 nitrogen and oxygen atoms in total. The van der Waals surface area contributed by atoms with E-state index in [1.165, 1.54) is 10.7 Å². The molecular weight excluding hydrogens is 308 g/mol. The third-order valence-corrected chi connectivity index (χ3v) is 3.77. The molecule has 0 unspecified atom stereocenters. The summed E-state index contributed by atoms with van der Waals surface area (Å²) in [6.07, 6.45) is 0. The molecule has 1 saturated heterocycles. The summed E-state index contributed by atoms with van der Waals surface area (Å²) in [5.74, 6) is -3.12. The standard InChI is InChI=1S/C15H15F2N3O3/c1-19-13(8-12(18-19)15(21)22)9-6-10(16)11(17)7-14(9)20-2-4-23-5-3-20/h6-8H,2-5H2,1H3,(H,21,22). The predicted octanol–water partition coefficient (Wildman–Crippen LogP) is 1.90. The van der Waals surface area contributed by atoms with Crippen molar-refractivity contribution in [1.82, 2.24) is 9.78 Å². The molecule has 3 rings (SSSR count). The lowest BCUT2D eigenvalue weighted by Crippen LogP contribution is -2.36. The van der Waals surface area contributed by atoms with Crippen LogP contribution in [0.25, 0.3) is 11.3 Å². The molecule has 0 saturated carbocycles. The molecule has 1 aromatic heterocycles. The Morgan fingerprint density at radius 2 is 1.87 bits per heavy atom. The van der Waals surface area contributed by atoms with E-state index in [9.17, 15) is 13.6 Å². The van der Waals surface area contributed by atoms with Gasteiger partial charge in [-0.25, -0.2) is 13.6 Å². The van der Waals surface area contributed by atoms with E-state index in [4.69, 9.17) is 9.84 Å². The molecule has 8 heteroatoms. The number of benzene rings is 1. The maximum Gasteiger partial charge on any atom is 0.356 e. The van der Waals surface area contributed by atoms with E-state index < -0.39 is 17.6 Å². The predicted molar refractivity (Wildman–Crippen MR) is 78.6 cm³/mol. The molecule has 23 heavy (non-hydrogen) atoms. The van der Waals surface area contributed by atoms with Gasteiger partial charge in [-0.2, -0.15) is 5.10 Å². The van der Waals surface area contributed by atoms with Crippen LogP contribution in [0.2, 0.25) is 0 Å². The zero-order valence-corrected chi connectivity index (χ0v) is 12.4. The minimum absolute atomic E-state index is 0.153. The van der Waals surface area contributed by atoms with Gasteiger partial charge in [-0.3, -0.25) is 4.68 Å². The summed E-state index contributed by atoms with van der Waals surface area (Å²) in [5.41, 5.74) is 1.14. The molecule has 122 valence electrons. The van der Waals surface area contributed by atoms with Crippen LogP contribution in [0.4, 0.5) is 14.5 Å². The first-order valence-corrected chi connectivity index (χ1v) is 7.07. The van der Waals surface area contributed by atoms with Gasteiger partial charge < -0.3 is 14.7 Å². The molecule has 1 N–H and O–H groups in total. The lowest BCUT2D eigenvalue weighted by atomic mass is 10.1. The number of ether oxygens (including phenoxy) is 1. The number of carboxylic acids is 1. The Balaban J connectivity index is 2.13. The number of halogens is 2. The first-order chi connectivity index (χ1) is 11.0. The van der Waals surface area contributed by atoms with Crippen molar-refractivity contribution in [2.24, 2.45) is 7.05 Å². The van der Waals surface area contributed by atoms with Gasteiger partial charge in [0.1, 0.15) is 0 Å². The van der Waals surface area contributed by atoms with Gasteiger partial charge in [-0.05, 0) is 12.1 Å². The van der Waals surface area contributed by atoms with Crippen molar-refractivity contribution in [1.29, 1.82) is 0 Å². The number of anilines is 1. The molecular formula is C15H15F2N3O3. The van der Waals surface area contributed by atoms with Crippen LogP contribution < -0.4 is 4.90 Å². The Bertz CT molecular complexity index is 755. The second kappa shape index (κ2) is 5.96. The molecule has 0 aliphatic carbocycles. The van der Waals surface area contributed by atoms with Crippen molar-refractivity contribution >= 4 is 11.7 Å². The van der Waals surface area contributed by atoms with Crippen molar-refractivity contribution in [2.45, 2.75) is 0 Å². The summed E-state index contributed by atoms with van der Waals surface area (Å²) >= 11 is 0. The lowest BCUT2D eigenvalue weighted by molar-refractivity contribution is 0.0689. The van der Waals surface area contributed by atoms with Gasteiger partial charge in [0, 0.05) is 37.5 Å². The fourth-order valence-corrected chi connectivity index (χ4v) is 2.63. The number of carboxylic acid groups (broad SMARTS) is 1. The fraction of sp³-hybridized carbons (Fsp3) is 0.333. The number of hydrogen-bond donors (Lipinski definition) is 1. The monoisotopic (exact) mass is 323 g/mol. The van der Waals surface area contributed by atoms with Gasteiger partial charge in [0.2, 0.25) is 0 Å². The molecule has 2 heterocycles. The van der Waals surface area contributed by atoms with Crippen LogP contribution in [0.3, 0.4) is 0 Å². The molecule has 1 aliphatic rings. The Morgan fingerprint density at radius 3 is 2.48 bits per heavy atom. The van der Waals surface area contributed by atoms with Gasteiger partial charge in [0.25, 0.3) is 0 Å². The van der Waals surface area contributed by atoms with Gasteiger partial charge in [0.15, 0.2) is 17.3 Å². The topological polar surface area (TPSA) is 67.6 Å². The Labute approximate surface area is 130 Å². The average molecular weight is 323 g/mol. The van der Waals surface area contributed by atoms with Gasteiger partial charge in [-0.15, -0.1) is 0 Å². The maximum absolute atomic E-state index is 13.7. The molecule has 0 spiro atoms. The summed E-state index contributed by atoms with van der Waals surface area (Å²) in [5, 5.41) is 12.9. The number of hydrogen-bond acceptors (Lipinski definition) is 4. The zero-order valence-electron chi connectivity index (χ0n) is 12.4. The first kappa shape index (κ1) is 15.4. The minimum Gasteiger partial charge on any atom is -0.476 e. The highest BCUT2D eigenvalue weighted by Gasteiger charge is 2.22. The molecule has 1 aromatic carbocycles. The highest BCUT2D eigenvalue weighted by Crippen LogP contribution is 2.33. The van der Waals surface area contributed by atoms with E-state index in [0.717, 1.165) is 12.1 Å². The number of carbonyl (C=O) groups is 1. The third kappa shape index (κ3) is 2.89. The summed E-state index contributed by atoms with van der Waals surface area (Å²) in [6.45, 7) is 2.07. The SMILES string of the molecule is Cn1nc(C(=O)O)cc1-c1cc(F)c(F)cc1N1CCOCC1. The lowest BCUT2D eigenvalue weighted by Gasteiger charge is -2.30. The average Bonchev–Trinajstić information content (AvgIpc) is 2.92. The highest BCUT2D eigenvalue weighted by atomic mass is 19.2. The highest BCUT2D eigenvalue weighted by molar-refractivity contribution is 5.88. The van der Waals surface area contributed by atoms with Crippen LogP contribution in [0.1, 0.15) is 10.5 Å². The summed E-state index contributed by atoms with van der Waals surface area (Å²) in [4.78, 5) is 13.0. The van der Waals surface area contributed by atoms with Crippen molar-refractivity contribution in [3.05, 3.63) is 35.5 Å². The molecule has 1 aliphatic heterocycles. The fourth-order valence-electron chi connectivity index (χ4n) is 2.63. The molecule has 2 aromatic rings. The van der Waals surface area contributed by atoms with Gasteiger partial charge in [0.05, 0.1) is 18.9 Å². The van der Waals surface area contributed by atoms with E-state index in [1.54, 1.807) is 7.05 Å².